The quantitative estimate of drug-likeness (QED) is 0.187. The van der Waals surface area contributed by atoms with Crippen LogP contribution in [0.1, 0.15) is 52.8 Å². The molecule has 0 fully saturated rings. The Morgan fingerprint density at radius 2 is 1.52 bits per heavy atom. The van der Waals surface area contributed by atoms with E-state index in [1.807, 2.05) is 18.2 Å². The maximum Gasteiger partial charge on any atom is 0.217 e. The van der Waals surface area contributed by atoms with Gasteiger partial charge in [0.2, 0.25) is 5.88 Å². The molecule has 206 valence electrons. The molecular weight excluding hydrogens is 677 g/mol. The van der Waals surface area contributed by atoms with Crippen LogP contribution in [0.25, 0.3) is 38.5 Å². The van der Waals surface area contributed by atoms with E-state index in [9.17, 15) is 5.11 Å². The van der Waals surface area contributed by atoms with Gasteiger partial charge in [-0.3, -0.25) is 0 Å². The second-order valence-corrected chi connectivity index (χ2v) is 12.1. The van der Waals surface area contributed by atoms with E-state index in [-0.39, 0.29) is 37.6 Å². The number of para-hydroxylation sites is 2. The number of hydrogen-bond acceptors (Lipinski definition) is 4. The molecule has 1 N–H and O–H groups in total. The van der Waals surface area contributed by atoms with Gasteiger partial charge in [-0.1, -0.05) is 83.5 Å². The summed E-state index contributed by atoms with van der Waals surface area (Å²) in [5.74, 6) is 1.96. The third-order valence-electron chi connectivity index (χ3n) is 7.11. The van der Waals surface area contributed by atoms with Gasteiger partial charge in [-0.2, -0.15) is 6.07 Å². The maximum absolute atomic E-state index is 10.3. The molecular formula is C34H32N3O2Pt-. The molecule has 3 aromatic heterocycles. The Labute approximate surface area is 249 Å². The molecule has 0 aliphatic rings. The zero-order valence-corrected chi connectivity index (χ0v) is 25.8. The summed E-state index contributed by atoms with van der Waals surface area (Å²) >= 11 is 0. The van der Waals surface area contributed by atoms with Gasteiger partial charge in [-0.25, -0.2) is 9.97 Å². The Kier molecular flexibility index (Phi) is 7.00. The molecule has 6 aromatic rings. The van der Waals surface area contributed by atoms with Crippen molar-refractivity contribution in [2.75, 3.05) is 0 Å². The summed E-state index contributed by atoms with van der Waals surface area (Å²) < 4.78 is 8.42. The Morgan fingerprint density at radius 1 is 0.750 bits per heavy atom. The second-order valence-electron chi connectivity index (χ2n) is 12.1. The first-order valence-electron chi connectivity index (χ1n) is 13.3. The third kappa shape index (κ3) is 4.88. The van der Waals surface area contributed by atoms with Gasteiger partial charge in [0.1, 0.15) is 17.1 Å². The second kappa shape index (κ2) is 10.0. The van der Waals surface area contributed by atoms with Crippen LogP contribution >= 0.6 is 0 Å². The van der Waals surface area contributed by atoms with Crippen LogP contribution in [0.5, 0.6) is 17.4 Å². The predicted octanol–water partition coefficient (Wildman–Crippen LogP) is 8.62. The van der Waals surface area contributed by atoms with Crippen molar-refractivity contribution in [2.45, 2.75) is 52.4 Å². The van der Waals surface area contributed by atoms with Crippen LogP contribution < -0.4 is 4.74 Å². The van der Waals surface area contributed by atoms with Gasteiger partial charge in [-0.05, 0) is 35.1 Å². The summed E-state index contributed by atoms with van der Waals surface area (Å²) in [6, 6.07) is 29.3. The van der Waals surface area contributed by atoms with Crippen LogP contribution in [0.4, 0.5) is 0 Å². The Morgan fingerprint density at radius 3 is 2.27 bits per heavy atom. The average molecular weight is 710 g/mol. The third-order valence-corrected chi connectivity index (χ3v) is 7.11. The van der Waals surface area contributed by atoms with Gasteiger partial charge in [0.15, 0.2) is 0 Å². The number of aromatic nitrogens is 3. The number of pyridine rings is 2. The molecule has 0 radical (unpaired) electrons. The molecule has 0 unspecified atom stereocenters. The van der Waals surface area contributed by atoms with Gasteiger partial charge in [0.25, 0.3) is 0 Å². The topological polar surface area (TPSA) is 60.2 Å². The summed E-state index contributed by atoms with van der Waals surface area (Å²) in [4.78, 5) is 9.82. The number of fused-ring (bicyclic) bond motifs is 4. The number of ether oxygens (including phenoxy) is 1. The number of aromatic hydroxyl groups is 1. The summed E-state index contributed by atoms with van der Waals surface area (Å²) in [5.41, 5.74) is 4.42. The molecule has 6 heteroatoms. The number of phenolic OH excluding ortho intramolecular Hbond substituents is 1. The Bertz CT molecular complexity index is 1880. The number of rotatable bonds is 3. The van der Waals surface area contributed by atoms with E-state index in [2.05, 4.69) is 99.6 Å². The molecule has 3 aromatic carbocycles. The average Bonchev–Trinajstić information content (AvgIpc) is 3.21. The van der Waals surface area contributed by atoms with Crippen LogP contribution in [-0.2, 0) is 31.9 Å². The van der Waals surface area contributed by atoms with E-state index in [4.69, 9.17) is 9.72 Å². The van der Waals surface area contributed by atoms with Crippen LogP contribution in [0.15, 0.2) is 78.9 Å². The zero-order chi connectivity index (χ0) is 27.5. The molecule has 0 atom stereocenters. The van der Waals surface area contributed by atoms with Gasteiger partial charge < -0.3 is 14.4 Å². The standard InChI is InChI=1S/C34H32N3O2.Pt/c1-33(2,3)25-17-18-29(34(4,5)6)35-32(25)37-26-12-8-7-11-23(26)24-16-15-22(20-27(24)37)39-30-19-14-21-10-9-13-28(38)31(21)36-30;/h7-19,38H,1-6H3;/q-1;. The number of nitrogens with zero attached hydrogens (tertiary/aromatic N) is 3. The van der Waals surface area contributed by atoms with Crippen molar-refractivity contribution >= 4 is 32.7 Å². The van der Waals surface area contributed by atoms with E-state index >= 15 is 0 Å². The van der Waals surface area contributed by atoms with Crippen LogP contribution in [0, 0.1) is 6.07 Å². The monoisotopic (exact) mass is 709 g/mol. The fraction of sp³-hybridized carbons (Fsp3) is 0.235. The normalized spacial score (nSPS) is 12.2. The Hall–Kier alpha value is -3.69. The first-order chi connectivity index (χ1) is 18.5. The summed E-state index contributed by atoms with van der Waals surface area (Å²) in [6.07, 6.45) is 0. The summed E-state index contributed by atoms with van der Waals surface area (Å²) in [7, 11) is 0. The first kappa shape index (κ1) is 27.9. The minimum absolute atomic E-state index is 0. The van der Waals surface area contributed by atoms with Crippen molar-refractivity contribution in [1.29, 1.82) is 0 Å². The van der Waals surface area contributed by atoms with Crippen molar-refractivity contribution in [1.82, 2.24) is 14.5 Å². The van der Waals surface area contributed by atoms with Gasteiger partial charge in [0.05, 0.1) is 0 Å². The van der Waals surface area contributed by atoms with Crippen LogP contribution in [0.2, 0.25) is 0 Å². The molecule has 0 amide bonds. The SMILES string of the molecule is CC(C)(C)c1ccc(C(C)(C)C)c(-n2c3[c-]c(Oc4ccc5cccc(O)c5n4)ccc3c3ccccc32)n1.[Pt]. The van der Waals surface area contributed by atoms with E-state index in [1.165, 1.54) is 0 Å². The smallest absolute Gasteiger partial charge is 0.217 e. The minimum atomic E-state index is -0.123. The molecule has 0 saturated carbocycles. The Balaban J connectivity index is 0.00000323. The van der Waals surface area contributed by atoms with E-state index in [0.717, 1.165) is 44.3 Å². The molecule has 0 bridgehead atoms. The molecule has 0 aliphatic heterocycles. The number of phenols is 1. The molecule has 0 aliphatic carbocycles. The largest absolute Gasteiger partial charge is 0.506 e. The molecule has 6 rings (SSSR count). The van der Waals surface area contributed by atoms with Gasteiger partial charge >= 0.3 is 0 Å². The maximum atomic E-state index is 10.3. The fourth-order valence-electron chi connectivity index (χ4n) is 5.06. The van der Waals surface area contributed by atoms with Gasteiger partial charge in [-0.15, -0.1) is 17.5 Å². The number of hydrogen-bond donors (Lipinski definition) is 1. The first-order valence-corrected chi connectivity index (χ1v) is 13.3. The van der Waals surface area contributed by atoms with Crippen molar-refractivity contribution in [3.05, 3.63) is 96.2 Å². The van der Waals surface area contributed by atoms with E-state index in [1.54, 1.807) is 18.2 Å². The molecule has 0 spiro atoms. The van der Waals surface area contributed by atoms with Crippen LogP contribution in [-0.4, -0.2) is 19.6 Å². The zero-order valence-electron chi connectivity index (χ0n) is 23.5. The van der Waals surface area contributed by atoms with E-state index in [0.29, 0.717) is 17.1 Å². The fourth-order valence-corrected chi connectivity index (χ4v) is 5.06. The molecule has 0 saturated heterocycles. The van der Waals surface area contributed by atoms with Crippen LogP contribution in [0.3, 0.4) is 0 Å². The molecule has 5 nitrogen and oxygen atoms in total. The number of benzene rings is 3. The van der Waals surface area contributed by atoms with Gasteiger partial charge in [0, 0.05) is 60.5 Å². The van der Waals surface area contributed by atoms with Crippen molar-refractivity contribution in [3.63, 3.8) is 0 Å². The van der Waals surface area contributed by atoms with E-state index < -0.39 is 0 Å². The minimum Gasteiger partial charge on any atom is -0.506 e. The summed E-state index contributed by atoms with van der Waals surface area (Å²) in [5, 5.41) is 13.3. The van der Waals surface area contributed by atoms with Crippen molar-refractivity contribution in [2.24, 2.45) is 0 Å². The summed E-state index contributed by atoms with van der Waals surface area (Å²) in [6.45, 7) is 13.2. The van der Waals surface area contributed by atoms with Crippen molar-refractivity contribution < 1.29 is 30.9 Å². The molecule has 3 heterocycles. The predicted molar refractivity (Wildman–Crippen MR) is 158 cm³/mol. The molecule has 40 heavy (non-hydrogen) atoms. The van der Waals surface area contributed by atoms with Crippen molar-refractivity contribution in [3.8, 4) is 23.2 Å².